The van der Waals surface area contributed by atoms with Gasteiger partial charge in [0, 0.05) is 23.4 Å². The van der Waals surface area contributed by atoms with Crippen molar-refractivity contribution in [2.24, 2.45) is 5.92 Å². The molecule has 0 saturated carbocycles. The van der Waals surface area contributed by atoms with Gasteiger partial charge in [-0.05, 0) is 23.3 Å². The number of halogens is 3. The molecular weight excluding hydrogens is 379 g/mol. The van der Waals surface area contributed by atoms with E-state index in [9.17, 15) is 26.4 Å². The molecule has 1 N–H and O–H groups in total. The summed E-state index contributed by atoms with van der Waals surface area (Å²) in [4.78, 5) is 12.1. The molecule has 1 aliphatic heterocycles. The molecule has 0 aliphatic carbocycles. The quantitative estimate of drug-likeness (QED) is 0.841. The zero-order valence-electron chi connectivity index (χ0n) is 14.0. The molecule has 2 aromatic rings. The van der Waals surface area contributed by atoms with E-state index in [4.69, 9.17) is 0 Å². The van der Waals surface area contributed by atoms with Crippen molar-refractivity contribution in [3.05, 3.63) is 65.6 Å². The maximum atomic E-state index is 13.5. The highest BCUT2D eigenvalue weighted by Gasteiger charge is 2.34. The number of alkyl halides is 3. The van der Waals surface area contributed by atoms with Gasteiger partial charge >= 0.3 is 6.18 Å². The summed E-state index contributed by atoms with van der Waals surface area (Å²) < 4.78 is 63.2. The van der Waals surface area contributed by atoms with Crippen LogP contribution in [0.4, 0.5) is 18.9 Å². The number of anilines is 1. The van der Waals surface area contributed by atoms with Crippen molar-refractivity contribution in [3.8, 4) is 11.1 Å². The van der Waals surface area contributed by atoms with E-state index in [1.807, 2.05) is 0 Å². The molecule has 0 radical (unpaired) electrons. The van der Waals surface area contributed by atoms with E-state index in [2.05, 4.69) is 5.32 Å². The normalized spacial score (nSPS) is 18.4. The van der Waals surface area contributed by atoms with Crippen molar-refractivity contribution in [1.82, 2.24) is 0 Å². The van der Waals surface area contributed by atoms with Gasteiger partial charge in [0.05, 0.1) is 11.3 Å². The lowest BCUT2D eigenvalue weighted by molar-refractivity contribution is -0.137. The average Bonchev–Trinajstić information content (AvgIpc) is 2.93. The number of nitrogens with one attached hydrogen (secondary N) is 1. The molecule has 0 spiro atoms. The predicted molar refractivity (Wildman–Crippen MR) is 96.5 cm³/mol. The molecule has 4 nitrogen and oxygen atoms in total. The number of allylic oxidation sites excluding steroid dienone is 1. The minimum absolute atomic E-state index is 0.0110. The van der Waals surface area contributed by atoms with E-state index in [0.29, 0.717) is 5.56 Å². The molecule has 1 aliphatic rings. The summed E-state index contributed by atoms with van der Waals surface area (Å²) >= 11 is 0. The van der Waals surface area contributed by atoms with Gasteiger partial charge in [-0.3, -0.25) is 4.79 Å². The molecule has 8 heteroatoms. The number of carbonyl (C=O) groups is 1. The first-order valence-corrected chi connectivity index (χ1v) is 9.83. The van der Waals surface area contributed by atoms with Crippen molar-refractivity contribution in [2.75, 3.05) is 11.1 Å². The zero-order valence-corrected chi connectivity index (χ0v) is 14.8. The van der Waals surface area contributed by atoms with Crippen molar-refractivity contribution in [2.45, 2.75) is 12.6 Å². The van der Waals surface area contributed by atoms with Crippen LogP contribution in [-0.2, 0) is 20.8 Å². The second-order valence-corrected chi connectivity index (χ2v) is 8.23. The van der Waals surface area contributed by atoms with Crippen LogP contribution in [0.3, 0.4) is 0 Å². The fourth-order valence-corrected chi connectivity index (χ4v) is 4.34. The fraction of sp³-hybridized carbons (Fsp3) is 0.211. The van der Waals surface area contributed by atoms with Crippen molar-refractivity contribution < 1.29 is 26.4 Å². The number of sulfone groups is 1. The fourth-order valence-electron chi connectivity index (χ4n) is 2.94. The van der Waals surface area contributed by atoms with Gasteiger partial charge in [-0.15, -0.1) is 0 Å². The van der Waals surface area contributed by atoms with Crippen LogP contribution in [0.15, 0.2) is 60.0 Å². The Morgan fingerprint density at radius 3 is 2.41 bits per heavy atom. The largest absolute Gasteiger partial charge is 0.417 e. The second-order valence-electron chi connectivity index (χ2n) is 6.29. The van der Waals surface area contributed by atoms with Gasteiger partial charge in [-0.2, -0.15) is 13.2 Å². The van der Waals surface area contributed by atoms with E-state index in [0.717, 1.165) is 11.5 Å². The van der Waals surface area contributed by atoms with Gasteiger partial charge in [0.2, 0.25) is 5.91 Å². The van der Waals surface area contributed by atoms with E-state index in [1.165, 1.54) is 18.2 Å². The Bertz CT molecular complexity index is 983. The average molecular weight is 395 g/mol. The molecule has 0 fully saturated rings. The molecule has 1 heterocycles. The highest BCUT2D eigenvalue weighted by atomic mass is 32.2. The molecule has 142 valence electrons. The van der Waals surface area contributed by atoms with Gasteiger partial charge in [-0.1, -0.05) is 42.5 Å². The van der Waals surface area contributed by atoms with Crippen LogP contribution in [-0.4, -0.2) is 20.1 Å². The van der Waals surface area contributed by atoms with Crippen LogP contribution in [0.1, 0.15) is 12.0 Å². The predicted octanol–water partition coefficient (Wildman–Crippen LogP) is 4.26. The Labute approximate surface area is 154 Å². The number of rotatable bonds is 4. The summed E-state index contributed by atoms with van der Waals surface area (Å²) in [7, 11) is -3.29. The van der Waals surface area contributed by atoms with Crippen LogP contribution in [0, 0.1) is 5.92 Å². The highest BCUT2D eigenvalue weighted by Crippen LogP contribution is 2.38. The summed E-state index contributed by atoms with van der Waals surface area (Å²) in [5.74, 6) is -1.18. The third-order valence-electron chi connectivity index (χ3n) is 4.15. The minimum Gasteiger partial charge on any atom is -0.326 e. The van der Waals surface area contributed by atoms with E-state index in [1.54, 1.807) is 30.3 Å². The monoisotopic (exact) mass is 395 g/mol. The van der Waals surface area contributed by atoms with Crippen molar-refractivity contribution in [3.63, 3.8) is 0 Å². The first-order chi connectivity index (χ1) is 12.6. The number of amides is 1. The SMILES string of the molecule is O=C(C[C@H]1C=CS(=O)(=O)C1)Nc1ccc(-c2ccccc2)c(C(F)(F)F)c1. The molecule has 1 amide bonds. The lowest BCUT2D eigenvalue weighted by atomic mass is 9.98. The zero-order chi connectivity index (χ0) is 19.7. The van der Waals surface area contributed by atoms with Crippen LogP contribution >= 0.6 is 0 Å². The van der Waals surface area contributed by atoms with Crippen LogP contribution in [0.25, 0.3) is 11.1 Å². The molecule has 0 aromatic heterocycles. The number of hydrogen-bond acceptors (Lipinski definition) is 3. The number of carbonyl (C=O) groups excluding carboxylic acids is 1. The van der Waals surface area contributed by atoms with Gasteiger partial charge in [0.25, 0.3) is 0 Å². The third kappa shape index (κ3) is 4.77. The third-order valence-corrected chi connectivity index (χ3v) is 5.61. The second kappa shape index (κ2) is 7.19. The minimum atomic E-state index is -4.59. The van der Waals surface area contributed by atoms with Crippen LogP contribution < -0.4 is 5.32 Å². The lowest BCUT2D eigenvalue weighted by Crippen LogP contribution is -2.18. The Balaban J connectivity index is 1.81. The first kappa shape index (κ1) is 19.2. The summed E-state index contributed by atoms with van der Waals surface area (Å²) in [6, 6.07) is 11.8. The molecule has 3 rings (SSSR count). The summed E-state index contributed by atoms with van der Waals surface area (Å²) in [6.45, 7) is 0. The summed E-state index contributed by atoms with van der Waals surface area (Å²) in [5.41, 5.74) is -0.401. The maximum Gasteiger partial charge on any atom is 0.417 e. The topological polar surface area (TPSA) is 63.2 Å². The van der Waals surface area contributed by atoms with Gasteiger partial charge < -0.3 is 5.32 Å². The van der Waals surface area contributed by atoms with Crippen molar-refractivity contribution >= 4 is 21.4 Å². The Hall–Kier alpha value is -2.61. The van der Waals surface area contributed by atoms with Crippen LogP contribution in [0.2, 0.25) is 0 Å². The van der Waals surface area contributed by atoms with Gasteiger partial charge in [0.15, 0.2) is 9.84 Å². The van der Waals surface area contributed by atoms with Crippen LogP contribution in [0.5, 0.6) is 0 Å². The molecule has 0 unspecified atom stereocenters. The molecule has 0 saturated heterocycles. The van der Waals surface area contributed by atoms with E-state index in [-0.39, 0.29) is 23.4 Å². The maximum absolute atomic E-state index is 13.5. The first-order valence-electron chi connectivity index (χ1n) is 8.11. The lowest BCUT2D eigenvalue weighted by Gasteiger charge is -2.16. The van der Waals surface area contributed by atoms with Gasteiger partial charge in [0.1, 0.15) is 0 Å². The molecular formula is C19H16F3NO3S. The van der Waals surface area contributed by atoms with Crippen molar-refractivity contribution in [1.29, 1.82) is 0 Å². The Kier molecular flexibility index (Phi) is 5.10. The summed E-state index contributed by atoms with van der Waals surface area (Å²) in [6.07, 6.45) is -3.28. The molecule has 27 heavy (non-hydrogen) atoms. The smallest absolute Gasteiger partial charge is 0.326 e. The molecule has 1 atom stereocenters. The standard InChI is InChI=1S/C19H16F3NO3S/c20-19(21,22)17-11-15(6-7-16(17)14-4-2-1-3-5-14)23-18(24)10-13-8-9-27(25,26)12-13/h1-9,11,13H,10,12H2,(H,23,24)/t13-/m1/s1. The number of benzene rings is 2. The number of hydrogen-bond donors (Lipinski definition) is 1. The Morgan fingerprint density at radius 2 is 1.81 bits per heavy atom. The van der Waals surface area contributed by atoms with Gasteiger partial charge in [-0.25, -0.2) is 8.42 Å². The molecule has 0 bridgehead atoms. The highest BCUT2D eigenvalue weighted by molar-refractivity contribution is 7.94. The van der Waals surface area contributed by atoms with E-state index < -0.39 is 33.4 Å². The molecule has 2 aromatic carbocycles. The Morgan fingerprint density at radius 1 is 1.11 bits per heavy atom. The van der Waals surface area contributed by atoms with E-state index >= 15 is 0 Å². The summed E-state index contributed by atoms with van der Waals surface area (Å²) in [5, 5.41) is 3.48.